The molecule has 13 heteroatoms. The lowest BCUT2D eigenvalue weighted by atomic mass is 9.20. The van der Waals surface area contributed by atoms with Crippen molar-refractivity contribution in [2.24, 2.45) is 67.0 Å². The normalized spacial score (nSPS) is 50.3. The van der Waals surface area contributed by atoms with Gasteiger partial charge < -0.3 is 50.0 Å². The van der Waals surface area contributed by atoms with E-state index in [9.17, 15) is 35.1 Å². The second-order valence-corrected chi connectivity index (χ2v) is 23.2. The number of hydrogen-bond acceptors (Lipinski definition) is 9. The van der Waals surface area contributed by atoms with Crippen LogP contribution < -0.4 is 5.32 Å². The fraction of sp³-hybridized carbons (Fsp3) is 0.712. The van der Waals surface area contributed by atoms with Gasteiger partial charge in [-0.15, -0.1) is 0 Å². The van der Waals surface area contributed by atoms with Crippen LogP contribution in [0, 0.1) is 67.0 Å². The number of aryl methyl sites for hydroxylation is 2. The number of aromatic nitrogens is 1. The number of amides is 1. The zero-order valence-corrected chi connectivity index (χ0v) is 38.6. The quantitative estimate of drug-likeness (QED) is 0.113. The van der Waals surface area contributed by atoms with Crippen LogP contribution in [0.4, 0.5) is 0 Å². The first-order chi connectivity index (χ1) is 30.8. The number of aliphatic hydroxyl groups excluding tert-OH is 3. The molecule has 0 radical (unpaired) electrons. The molecule has 7 N–H and O–H groups in total. The van der Waals surface area contributed by atoms with Crippen molar-refractivity contribution in [3.05, 3.63) is 71.1 Å². The minimum absolute atomic E-state index is 0.00182. The fourth-order valence-corrected chi connectivity index (χ4v) is 18.9. The Bertz CT molecular complexity index is 2350. The number of allylic oxidation sites excluding steroid dienone is 5. The molecule has 4 saturated carbocycles. The first-order valence-corrected chi connectivity index (χ1v) is 24.4. The summed E-state index contributed by atoms with van der Waals surface area (Å²) in [5.74, 6) is -3.02. The maximum atomic E-state index is 15.6. The molecule has 11 rings (SSSR count). The van der Waals surface area contributed by atoms with Crippen molar-refractivity contribution >= 4 is 17.8 Å². The number of aromatic amines is 1. The Morgan fingerprint density at radius 3 is 2.48 bits per heavy atom. The Hall–Kier alpha value is -3.59. The molecule has 3 spiro atoms. The maximum Gasteiger partial charge on any atom is 0.335 e. The van der Waals surface area contributed by atoms with Crippen LogP contribution in [0.1, 0.15) is 104 Å². The van der Waals surface area contributed by atoms with Crippen LogP contribution in [0.15, 0.2) is 60.0 Å². The number of ether oxygens (including phenoxy) is 3. The monoisotopic (exact) mass is 896 g/mol. The predicted octanol–water partition coefficient (Wildman–Crippen LogP) is 5.65. The molecule has 3 heterocycles. The molecule has 13 nitrogen and oxygen atoms in total. The molecule has 18 atom stereocenters. The Balaban J connectivity index is 1.12. The van der Waals surface area contributed by atoms with Gasteiger partial charge in [0.25, 0.3) is 0 Å². The third-order valence-electron chi connectivity index (χ3n) is 21.3. The molecule has 2 saturated heterocycles. The lowest BCUT2D eigenvalue weighted by molar-refractivity contribution is -0.336. The van der Waals surface area contributed by atoms with Gasteiger partial charge in [0.05, 0.1) is 24.0 Å². The lowest BCUT2D eigenvalue weighted by Gasteiger charge is -2.82. The molecule has 10 aliphatic rings. The van der Waals surface area contributed by atoms with E-state index < -0.39 is 93.2 Å². The predicted molar refractivity (Wildman–Crippen MR) is 237 cm³/mol. The fourth-order valence-electron chi connectivity index (χ4n) is 18.9. The molecular formula is C52H68N2O11. The van der Waals surface area contributed by atoms with Crippen molar-refractivity contribution in [1.29, 1.82) is 0 Å². The summed E-state index contributed by atoms with van der Waals surface area (Å²) in [4.78, 5) is 45.6. The molecular weight excluding hydrogens is 829 g/mol. The minimum atomic E-state index is -1.82. The Labute approximate surface area is 381 Å². The van der Waals surface area contributed by atoms with Gasteiger partial charge in [0.1, 0.15) is 18.3 Å². The highest BCUT2D eigenvalue weighted by molar-refractivity contribution is 5.88. The number of H-pyrrole nitrogens is 1. The van der Waals surface area contributed by atoms with E-state index >= 15 is 4.79 Å². The number of aliphatic carboxylic acids is 2. The van der Waals surface area contributed by atoms with E-state index in [0.29, 0.717) is 38.7 Å². The molecule has 6 fully saturated rings. The van der Waals surface area contributed by atoms with Gasteiger partial charge in [-0.05, 0) is 121 Å². The van der Waals surface area contributed by atoms with Gasteiger partial charge >= 0.3 is 11.9 Å². The van der Waals surface area contributed by atoms with E-state index in [2.05, 4.69) is 93.8 Å². The smallest absolute Gasteiger partial charge is 0.335 e. The van der Waals surface area contributed by atoms with Crippen molar-refractivity contribution < 1.29 is 54.1 Å². The number of carboxylic acid groups (broad SMARTS) is 2. The largest absolute Gasteiger partial charge is 0.481 e. The zero-order valence-electron chi connectivity index (χ0n) is 38.6. The SMILES string of the molecule is CCc1c[nH]cc1CC[C@@]12[C@H]3C=CC4=C[C@H]5C(=O)N[C@@H]6[C@@]7(C)CC=C[C@@]68C6=CC[C@]41[C@@](C)(CC[C@H]2C(C)(C)[C@@H](O[C@@H]1O[C@H](C(=O)O)[C@@H](O)[C@H](O)[C@H]1O)C3)[C@]65CC[C@@]8(C(=O)O)[C@H](COC)C7. The molecule has 0 unspecified atom stereocenters. The summed E-state index contributed by atoms with van der Waals surface area (Å²) >= 11 is 0. The van der Waals surface area contributed by atoms with Gasteiger partial charge in [0, 0.05) is 47.7 Å². The summed E-state index contributed by atoms with van der Waals surface area (Å²) in [7, 11) is 1.68. The topological polar surface area (TPSA) is 208 Å². The summed E-state index contributed by atoms with van der Waals surface area (Å²) in [6.45, 7) is 11.7. The van der Waals surface area contributed by atoms with Gasteiger partial charge in [0.15, 0.2) is 12.4 Å². The number of hydrogen-bond donors (Lipinski definition) is 7. The molecule has 1 amide bonds. The molecule has 1 aromatic rings. The van der Waals surface area contributed by atoms with Crippen LogP contribution in [-0.4, -0.2) is 105 Å². The second kappa shape index (κ2) is 14.0. The van der Waals surface area contributed by atoms with E-state index in [4.69, 9.17) is 14.2 Å². The number of methoxy groups -OCH3 is 1. The van der Waals surface area contributed by atoms with E-state index in [1.54, 1.807) is 7.11 Å². The second-order valence-electron chi connectivity index (χ2n) is 23.2. The first-order valence-electron chi connectivity index (χ1n) is 24.4. The first kappa shape index (κ1) is 43.9. The number of carboxylic acids is 2. The molecule has 8 aliphatic carbocycles. The van der Waals surface area contributed by atoms with Gasteiger partial charge in [-0.3, -0.25) is 9.59 Å². The highest BCUT2D eigenvalue weighted by atomic mass is 16.7. The molecule has 352 valence electrons. The third kappa shape index (κ3) is 4.84. The van der Waals surface area contributed by atoms with E-state index in [-0.39, 0.29) is 34.5 Å². The highest BCUT2D eigenvalue weighted by Crippen LogP contribution is 2.89. The van der Waals surface area contributed by atoms with E-state index in [0.717, 1.165) is 44.1 Å². The van der Waals surface area contributed by atoms with Gasteiger partial charge in [-0.25, -0.2) is 4.79 Å². The van der Waals surface area contributed by atoms with Crippen LogP contribution in [0.3, 0.4) is 0 Å². The van der Waals surface area contributed by atoms with Crippen LogP contribution in [0.2, 0.25) is 0 Å². The number of carbonyl (C=O) groups is 3. The van der Waals surface area contributed by atoms with Gasteiger partial charge in [-0.2, -0.15) is 0 Å². The average Bonchev–Trinajstić information content (AvgIpc) is 3.68. The van der Waals surface area contributed by atoms with Crippen LogP contribution in [0.5, 0.6) is 0 Å². The van der Waals surface area contributed by atoms with Gasteiger partial charge in [0.2, 0.25) is 5.91 Å². The Kier molecular flexibility index (Phi) is 9.47. The minimum Gasteiger partial charge on any atom is -0.481 e. The van der Waals surface area contributed by atoms with Crippen molar-refractivity contribution in [3.8, 4) is 0 Å². The summed E-state index contributed by atoms with van der Waals surface area (Å²) < 4.78 is 18.5. The van der Waals surface area contributed by atoms with Gasteiger partial charge in [-0.1, -0.05) is 76.6 Å². The zero-order chi connectivity index (χ0) is 46.1. The highest BCUT2D eigenvalue weighted by Gasteiger charge is 2.86. The Morgan fingerprint density at radius 2 is 1.75 bits per heavy atom. The summed E-state index contributed by atoms with van der Waals surface area (Å²) in [6.07, 6.45) is 16.9. The number of carbonyl (C=O) groups excluding carboxylic acids is 1. The summed E-state index contributed by atoms with van der Waals surface area (Å²) in [5.41, 5.74) is -0.181. The van der Waals surface area contributed by atoms with Crippen molar-refractivity contribution in [3.63, 3.8) is 0 Å². The molecule has 1 aromatic heterocycles. The average molecular weight is 897 g/mol. The van der Waals surface area contributed by atoms with Crippen molar-refractivity contribution in [2.75, 3.05) is 13.7 Å². The maximum absolute atomic E-state index is 15.6. The number of rotatable bonds is 10. The van der Waals surface area contributed by atoms with E-state index in [1.807, 2.05) is 0 Å². The van der Waals surface area contributed by atoms with Crippen molar-refractivity contribution in [1.82, 2.24) is 10.3 Å². The molecule has 65 heavy (non-hydrogen) atoms. The molecule has 2 aliphatic heterocycles. The molecule has 4 bridgehead atoms. The van der Waals surface area contributed by atoms with Crippen molar-refractivity contribution in [2.45, 2.75) is 148 Å². The Morgan fingerprint density at radius 1 is 0.985 bits per heavy atom. The van der Waals surface area contributed by atoms with Crippen LogP contribution in [-0.2, 0) is 41.4 Å². The van der Waals surface area contributed by atoms with E-state index in [1.165, 1.54) is 16.7 Å². The standard InChI is InChI=1S/C52H68N2O11/c1-7-27-24-53-25-28(27)11-17-48-29-9-10-30-21-32-40(58)54-43-46(4)14-8-15-51(43)34-13-18-52(30,48)47(5,50(32,34)20-19-49(51,44(61)62)31(23-46)26-63-6)16-12-33(48)45(2,3)35(22-29)64-42-38(57)36(55)37(56)39(65-42)41(59)60/h8-10,13,15,21,24-25,29,31-33,35-39,42-43,53,55-57H,7,11-12,14,16-20,22-23,26H2,1-6H3,(H,54,58)(H,59,60)(H,61,62)/t29-,31-,32-,33-,35-,36-,37-,38+,39-,42+,43+,46-,47-,48-,49-,50-,51+,52+/m0/s1. The third-order valence-corrected chi connectivity index (χ3v) is 21.3. The summed E-state index contributed by atoms with van der Waals surface area (Å²) in [6, 6.07) is -0.400. The number of nitrogens with one attached hydrogen (secondary N) is 2. The molecule has 0 aromatic carbocycles. The van der Waals surface area contributed by atoms with Crippen LogP contribution >= 0.6 is 0 Å². The lowest BCUT2D eigenvalue weighted by Crippen LogP contribution is -2.79. The van der Waals surface area contributed by atoms with Crippen LogP contribution in [0.25, 0.3) is 0 Å². The summed E-state index contributed by atoms with van der Waals surface area (Å²) in [5, 5.41) is 58.1. The number of aliphatic hydroxyl groups is 3.